The van der Waals surface area contributed by atoms with Gasteiger partial charge in [0.05, 0.1) is 5.92 Å². The van der Waals surface area contributed by atoms with E-state index in [0.717, 1.165) is 5.56 Å². The van der Waals surface area contributed by atoms with Crippen molar-refractivity contribution in [3.05, 3.63) is 35.9 Å². The van der Waals surface area contributed by atoms with Crippen LogP contribution in [0.25, 0.3) is 0 Å². The first-order valence-corrected chi connectivity index (χ1v) is 4.01. The lowest BCUT2D eigenvalue weighted by Gasteiger charge is -2.15. The SMILES string of the molecule is C[C@H](C(=O)N(N)N)c1ccccc1. The Morgan fingerprint density at radius 3 is 2.31 bits per heavy atom. The topological polar surface area (TPSA) is 72.3 Å². The lowest BCUT2D eigenvalue weighted by molar-refractivity contribution is -0.133. The molecule has 4 N–H and O–H groups in total. The molecule has 1 rings (SSSR count). The van der Waals surface area contributed by atoms with E-state index >= 15 is 0 Å². The Morgan fingerprint density at radius 1 is 1.31 bits per heavy atom. The van der Waals surface area contributed by atoms with Crippen LogP contribution < -0.4 is 11.7 Å². The quantitative estimate of drug-likeness (QED) is 0.391. The number of carbonyl (C=O) groups is 1. The summed E-state index contributed by atoms with van der Waals surface area (Å²) in [5.74, 6) is 9.68. The Balaban J connectivity index is 2.80. The van der Waals surface area contributed by atoms with Crippen molar-refractivity contribution >= 4 is 5.91 Å². The number of amides is 1. The summed E-state index contributed by atoms with van der Waals surface area (Å²) in [5, 5.41) is 0.623. The number of nitrogens with two attached hydrogens (primary N) is 2. The van der Waals surface area contributed by atoms with Gasteiger partial charge in [0.2, 0.25) is 0 Å². The minimum Gasteiger partial charge on any atom is -0.271 e. The van der Waals surface area contributed by atoms with Gasteiger partial charge in [0.15, 0.2) is 0 Å². The second-order valence-corrected chi connectivity index (χ2v) is 2.88. The minimum absolute atomic E-state index is 0.295. The number of hydrogen-bond donors (Lipinski definition) is 2. The highest BCUT2D eigenvalue weighted by molar-refractivity contribution is 5.82. The smallest absolute Gasteiger partial charge is 0.258 e. The van der Waals surface area contributed by atoms with E-state index in [4.69, 9.17) is 11.7 Å². The summed E-state index contributed by atoms with van der Waals surface area (Å²) in [6, 6.07) is 9.37. The average molecular weight is 179 g/mol. The van der Waals surface area contributed by atoms with Gasteiger partial charge in [-0.3, -0.25) is 4.79 Å². The summed E-state index contributed by atoms with van der Waals surface area (Å²) < 4.78 is 0. The van der Waals surface area contributed by atoms with Crippen LogP contribution in [0.2, 0.25) is 0 Å². The van der Waals surface area contributed by atoms with Crippen molar-refractivity contribution in [1.29, 1.82) is 0 Å². The second kappa shape index (κ2) is 4.02. The van der Waals surface area contributed by atoms with E-state index in [9.17, 15) is 4.79 Å². The van der Waals surface area contributed by atoms with Gasteiger partial charge in [0, 0.05) is 0 Å². The van der Waals surface area contributed by atoms with Gasteiger partial charge in [-0.15, -0.1) is 0 Å². The Hall–Kier alpha value is -1.39. The normalized spacial score (nSPS) is 12.2. The monoisotopic (exact) mass is 179 g/mol. The third-order valence-electron chi connectivity index (χ3n) is 1.92. The Morgan fingerprint density at radius 2 is 1.85 bits per heavy atom. The van der Waals surface area contributed by atoms with Crippen LogP contribution in [0, 0.1) is 0 Å². The number of hydrazine groups is 2. The third-order valence-corrected chi connectivity index (χ3v) is 1.92. The summed E-state index contributed by atoms with van der Waals surface area (Å²) in [5.41, 5.74) is 0.911. The predicted octanol–water partition coefficient (Wildman–Crippen LogP) is 0.366. The largest absolute Gasteiger partial charge is 0.271 e. The summed E-state index contributed by atoms with van der Waals surface area (Å²) in [6.45, 7) is 1.77. The highest BCUT2D eigenvalue weighted by Gasteiger charge is 2.17. The molecule has 0 aliphatic carbocycles. The van der Waals surface area contributed by atoms with E-state index in [2.05, 4.69) is 0 Å². The van der Waals surface area contributed by atoms with Gasteiger partial charge in [-0.05, 0) is 12.5 Å². The van der Waals surface area contributed by atoms with Crippen molar-refractivity contribution in [3.8, 4) is 0 Å². The maximum absolute atomic E-state index is 11.3. The molecule has 0 bridgehead atoms. The molecule has 13 heavy (non-hydrogen) atoms. The zero-order valence-electron chi connectivity index (χ0n) is 7.47. The first-order valence-electron chi connectivity index (χ1n) is 4.01. The molecule has 70 valence electrons. The highest BCUT2D eigenvalue weighted by Crippen LogP contribution is 2.14. The van der Waals surface area contributed by atoms with Gasteiger partial charge in [0.1, 0.15) is 0 Å². The molecule has 0 saturated heterocycles. The second-order valence-electron chi connectivity index (χ2n) is 2.88. The lowest BCUT2D eigenvalue weighted by Crippen LogP contribution is -2.45. The Kier molecular flexibility index (Phi) is 3.00. The average Bonchev–Trinajstić information content (AvgIpc) is 2.17. The van der Waals surface area contributed by atoms with E-state index in [1.165, 1.54) is 0 Å². The van der Waals surface area contributed by atoms with Crippen LogP contribution in [0.5, 0.6) is 0 Å². The van der Waals surface area contributed by atoms with Crippen molar-refractivity contribution in [2.24, 2.45) is 11.7 Å². The zero-order valence-corrected chi connectivity index (χ0v) is 7.47. The van der Waals surface area contributed by atoms with Crippen LogP contribution >= 0.6 is 0 Å². The maximum atomic E-state index is 11.3. The number of benzene rings is 1. The van der Waals surface area contributed by atoms with Crippen LogP contribution in [0.4, 0.5) is 0 Å². The molecular weight excluding hydrogens is 166 g/mol. The minimum atomic E-state index is -0.300. The molecule has 1 aromatic rings. The summed E-state index contributed by atoms with van der Waals surface area (Å²) in [6.07, 6.45) is 0. The van der Waals surface area contributed by atoms with Gasteiger partial charge in [-0.25, -0.2) is 16.8 Å². The molecule has 4 heteroatoms. The predicted molar refractivity (Wildman–Crippen MR) is 50.1 cm³/mol. The molecule has 1 amide bonds. The molecule has 0 fully saturated rings. The number of carbonyl (C=O) groups excluding carboxylic acids is 1. The van der Waals surface area contributed by atoms with Crippen molar-refractivity contribution < 1.29 is 4.79 Å². The maximum Gasteiger partial charge on any atom is 0.258 e. The van der Waals surface area contributed by atoms with Gasteiger partial charge in [-0.2, -0.15) is 0 Å². The number of hydrogen-bond acceptors (Lipinski definition) is 3. The van der Waals surface area contributed by atoms with Crippen molar-refractivity contribution in [2.45, 2.75) is 12.8 Å². The summed E-state index contributed by atoms with van der Waals surface area (Å²) in [4.78, 5) is 11.3. The standard InChI is InChI=1S/C9H13N3O/c1-7(9(13)12(10)11)8-5-3-2-4-6-8/h2-7H,10-11H2,1H3/t7-/m0/s1. The number of nitrogens with zero attached hydrogens (tertiary/aromatic N) is 1. The molecule has 1 aromatic carbocycles. The van der Waals surface area contributed by atoms with E-state index in [1.54, 1.807) is 6.92 Å². The van der Waals surface area contributed by atoms with Crippen molar-refractivity contribution in [2.75, 3.05) is 0 Å². The first kappa shape index (κ1) is 9.70. The van der Waals surface area contributed by atoms with E-state index < -0.39 is 0 Å². The summed E-state index contributed by atoms with van der Waals surface area (Å²) >= 11 is 0. The highest BCUT2D eigenvalue weighted by atomic mass is 16.2. The molecule has 0 spiro atoms. The van der Waals surface area contributed by atoms with Crippen LogP contribution in [0.3, 0.4) is 0 Å². The fraction of sp³-hybridized carbons (Fsp3) is 0.222. The van der Waals surface area contributed by atoms with Gasteiger partial charge in [-0.1, -0.05) is 30.3 Å². The molecule has 0 heterocycles. The Bertz CT molecular complexity index is 284. The fourth-order valence-electron chi connectivity index (χ4n) is 1.11. The van der Waals surface area contributed by atoms with E-state index in [-0.39, 0.29) is 11.8 Å². The van der Waals surface area contributed by atoms with Gasteiger partial charge in [0.25, 0.3) is 5.91 Å². The third kappa shape index (κ3) is 2.27. The van der Waals surface area contributed by atoms with E-state index in [1.807, 2.05) is 30.3 Å². The van der Waals surface area contributed by atoms with Crippen LogP contribution in [-0.2, 0) is 4.79 Å². The lowest BCUT2D eigenvalue weighted by atomic mass is 10.0. The molecule has 0 unspecified atom stereocenters. The summed E-state index contributed by atoms with van der Waals surface area (Å²) in [7, 11) is 0. The molecule has 0 saturated carbocycles. The molecular formula is C9H13N3O. The number of rotatable bonds is 2. The van der Waals surface area contributed by atoms with E-state index in [0.29, 0.717) is 5.12 Å². The molecule has 1 atom stereocenters. The molecule has 0 aliphatic rings. The van der Waals surface area contributed by atoms with Gasteiger partial charge < -0.3 is 0 Å². The molecule has 4 nitrogen and oxygen atoms in total. The van der Waals surface area contributed by atoms with Crippen molar-refractivity contribution in [3.63, 3.8) is 0 Å². The van der Waals surface area contributed by atoms with Crippen LogP contribution in [0.1, 0.15) is 18.4 Å². The first-order chi connectivity index (χ1) is 6.13. The van der Waals surface area contributed by atoms with Crippen LogP contribution in [-0.4, -0.2) is 11.0 Å². The fourth-order valence-corrected chi connectivity index (χ4v) is 1.11. The zero-order chi connectivity index (χ0) is 9.84. The molecule has 0 aromatic heterocycles. The Labute approximate surface area is 77.1 Å². The molecule has 0 aliphatic heterocycles. The van der Waals surface area contributed by atoms with Crippen LogP contribution in [0.15, 0.2) is 30.3 Å². The molecule has 0 radical (unpaired) electrons. The van der Waals surface area contributed by atoms with Crippen molar-refractivity contribution in [1.82, 2.24) is 5.12 Å². The van der Waals surface area contributed by atoms with Gasteiger partial charge >= 0.3 is 0 Å².